The first-order chi connectivity index (χ1) is 6.87. The minimum Gasteiger partial charge on any atom is -0.309 e. The number of nitrogens with one attached hydrogen (secondary N) is 1. The van der Waals surface area contributed by atoms with Crippen LogP contribution in [0, 0.1) is 0 Å². The van der Waals surface area contributed by atoms with Gasteiger partial charge in [0.2, 0.25) is 5.91 Å². The number of nitrogens with zero attached hydrogens (tertiary/aromatic N) is 2. The molecular formula is C7H5BrF3N3O. The number of amides is 1. The molecule has 0 aliphatic heterocycles. The predicted molar refractivity (Wildman–Crippen MR) is 49.0 cm³/mol. The van der Waals surface area contributed by atoms with Crippen molar-refractivity contribution in [3.63, 3.8) is 0 Å². The van der Waals surface area contributed by atoms with Crippen LogP contribution in [0.25, 0.3) is 0 Å². The van der Waals surface area contributed by atoms with Crippen LogP contribution in [-0.4, -0.2) is 22.1 Å². The number of anilines is 1. The van der Waals surface area contributed by atoms with E-state index >= 15 is 0 Å². The Morgan fingerprint density at radius 3 is 2.53 bits per heavy atom. The zero-order chi connectivity index (χ0) is 11.5. The van der Waals surface area contributed by atoms with E-state index in [0.717, 1.165) is 6.20 Å². The van der Waals surface area contributed by atoms with Crippen molar-refractivity contribution in [2.45, 2.75) is 12.6 Å². The standard InChI is InChI=1S/C7H5BrF3N3O/c8-4-2-13-5(3-12-4)14-6(15)1-7(9,10)11/h2-3H,1H2,(H,13,14,15). The van der Waals surface area contributed by atoms with Crippen LogP contribution < -0.4 is 5.32 Å². The lowest BCUT2D eigenvalue weighted by Gasteiger charge is -2.06. The van der Waals surface area contributed by atoms with Gasteiger partial charge >= 0.3 is 6.18 Å². The Hall–Kier alpha value is -1.18. The van der Waals surface area contributed by atoms with Gasteiger partial charge in [0.1, 0.15) is 11.0 Å². The lowest BCUT2D eigenvalue weighted by Crippen LogP contribution is -2.21. The summed E-state index contributed by atoms with van der Waals surface area (Å²) in [6, 6.07) is 0. The molecule has 1 N–H and O–H groups in total. The first kappa shape index (κ1) is 11.9. The molecule has 0 saturated carbocycles. The number of carbonyl (C=O) groups excluding carboxylic acids is 1. The van der Waals surface area contributed by atoms with E-state index in [-0.39, 0.29) is 5.82 Å². The van der Waals surface area contributed by atoms with Gasteiger partial charge in [-0.3, -0.25) is 4.79 Å². The van der Waals surface area contributed by atoms with Gasteiger partial charge in [-0.15, -0.1) is 0 Å². The number of rotatable bonds is 2. The lowest BCUT2D eigenvalue weighted by molar-refractivity contribution is -0.150. The van der Waals surface area contributed by atoms with E-state index in [4.69, 9.17) is 0 Å². The Balaban J connectivity index is 2.55. The summed E-state index contributed by atoms with van der Waals surface area (Å²) in [5.41, 5.74) is 0. The Kier molecular flexibility index (Phi) is 3.61. The Morgan fingerprint density at radius 1 is 1.40 bits per heavy atom. The van der Waals surface area contributed by atoms with Crippen molar-refractivity contribution in [2.24, 2.45) is 0 Å². The van der Waals surface area contributed by atoms with E-state index in [2.05, 4.69) is 25.9 Å². The summed E-state index contributed by atoms with van der Waals surface area (Å²) >= 11 is 2.99. The Labute approximate surface area is 91.0 Å². The summed E-state index contributed by atoms with van der Waals surface area (Å²) in [4.78, 5) is 18.1. The molecule has 0 bridgehead atoms. The van der Waals surface area contributed by atoms with E-state index in [0.29, 0.717) is 4.60 Å². The van der Waals surface area contributed by atoms with Crippen LogP contribution in [-0.2, 0) is 4.79 Å². The van der Waals surface area contributed by atoms with Gasteiger partial charge in [-0.05, 0) is 15.9 Å². The maximum Gasteiger partial charge on any atom is 0.397 e. The SMILES string of the molecule is O=C(CC(F)(F)F)Nc1cnc(Br)cn1. The zero-order valence-electron chi connectivity index (χ0n) is 7.18. The first-order valence-corrected chi connectivity index (χ1v) is 4.50. The molecule has 0 aromatic carbocycles. The van der Waals surface area contributed by atoms with E-state index in [1.54, 1.807) is 0 Å². The highest BCUT2D eigenvalue weighted by Crippen LogP contribution is 2.19. The smallest absolute Gasteiger partial charge is 0.309 e. The van der Waals surface area contributed by atoms with Gasteiger partial charge in [-0.25, -0.2) is 9.97 Å². The summed E-state index contributed by atoms with van der Waals surface area (Å²) in [5.74, 6) is -1.19. The van der Waals surface area contributed by atoms with Crippen molar-refractivity contribution in [3.05, 3.63) is 17.0 Å². The molecule has 0 saturated heterocycles. The van der Waals surface area contributed by atoms with Gasteiger partial charge in [-0.1, -0.05) is 0 Å². The molecule has 1 rings (SSSR count). The number of carbonyl (C=O) groups is 1. The summed E-state index contributed by atoms with van der Waals surface area (Å²) in [5, 5.41) is 1.97. The third-order valence-electron chi connectivity index (χ3n) is 1.25. The molecule has 0 fully saturated rings. The highest BCUT2D eigenvalue weighted by atomic mass is 79.9. The maximum absolute atomic E-state index is 11.8. The second kappa shape index (κ2) is 4.56. The molecule has 1 aromatic heterocycles. The highest BCUT2D eigenvalue weighted by Gasteiger charge is 2.31. The number of alkyl halides is 3. The van der Waals surface area contributed by atoms with Gasteiger partial charge < -0.3 is 5.32 Å². The van der Waals surface area contributed by atoms with Gasteiger partial charge in [0.15, 0.2) is 5.82 Å². The fourth-order valence-corrected chi connectivity index (χ4v) is 0.951. The van der Waals surface area contributed by atoms with Crippen LogP contribution in [0.5, 0.6) is 0 Å². The molecule has 1 heterocycles. The Morgan fingerprint density at radius 2 is 2.07 bits per heavy atom. The average molecular weight is 284 g/mol. The first-order valence-electron chi connectivity index (χ1n) is 3.71. The molecule has 0 aliphatic carbocycles. The van der Waals surface area contributed by atoms with Crippen molar-refractivity contribution >= 4 is 27.7 Å². The molecule has 1 amide bonds. The molecule has 15 heavy (non-hydrogen) atoms. The number of hydrogen-bond acceptors (Lipinski definition) is 3. The molecule has 82 valence electrons. The van der Waals surface area contributed by atoms with Crippen LogP contribution in [0.4, 0.5) is 19.0 Å². The second-order valence-electron chi connectivity index (χ2n) is 2.56. The number of halogens is 4. The third kappa shape index (κ3) is 4.73. The monoisotopic (exact) mass is 283 g/mol. The molecule has 0 spiro atoms. The average Bonchev–Trinajstić information content (AvgIpc) is 2.05. The maximum atomic E-state index is 11.8. The molecule has 0 aliphatic rings. The van der Waals surface area contributed by atoms with Gasteiger partial charge in [-0.2, -0.15) is 13.2 Å². The van der Waals surface area contributed by atoms with Crippen molar-refractivity contribution in [1.82, 2.24) is 9.97 Å². The minimum atomic E-state index is -4.52. The van der Waals surface area contributed by atoms with Crippen molar-refractivity contribution in [1.29, 1.82) is 0 Å². The third-order valence-corrected chi connectivity index (χ3v) is 1.66. The quantitative estimate of drug-likeness (QED) is 0.905. The molecular weight excluding hydrogens is 279 g/mol. The van der Waals surface area contributed by atoms with Crippen LogP contribution in [0.3, 0.4) is 0 Å². The van der Waals surface area contributed by atoms with E-state index in [9.17, 15) is 18.0 Å². The number of aromatic nitrogens is 2. The zero-order valence-corrected chi connectivity index (χ0v) is 8.76. The minimum absolute atomic E-state index is 0.0209. The van der Waals surface area contributed by atoms with Crippen LogP contribution in [0.2, 0.25) is 0 Å². The molecule has 8 heteroatoms. The van der Waals surface area contributed by atoms with Gasteiger partial charge in [0.05, 0.1) is 12.4 Å². The highest BCUT2D eigenvalue weighted by molar-refractivity contribution is 9.10. The van der Waals surface area contributed by atoms with E-state index in [1.807, 2.05) is 5.32 Å². The van der Waals surface area contributed by atoms with Crippen molar-refractivity contribution in [2.75, 3.05) is 5.32 Å². The molecule has 1 aromatic rings. The largest absolute Gasteiger partial charge is 0.397 e. The van der Waals surface area contributed by atoms with Crippen LogP contribution in [0.1, 0.15) is 6.42 Å². The number of hydrogen-bond donors (Lipinski definition) is 1. The predicted octanol–water partition coefficient (Wildman–Crippen LogP) is 2.13. The fourth-order valence-electron chi connectivity index (χ4n) is 0.746. The summed E-state index contributed by atoms with van der Waals surface area (Å²) < 4.78 is 35.7. The molecule has 0 atom stereocenters. The molecule has 0 unspecified atom stereocenters. The van der Waals surface area contributed by atoms with Crippen molar-refractivity contribution in [3.8, 4) is 0 Å². The Bertz CT molecular complexity index is 351. The normalized spacial score (nSPS) is 11.2. The van der Waals surface area contributed by atoms with Crippen LogP contribution >= 0.6 is 15.9 Å². The fraction of sp³-hybridized carbons (Fsp3) is 0.286. The second-order valence-corrected chi connectivity index (χ2v) is 3.38. The molecule has 4 nitrogen and oxygen atoms in total. The topological polar surface area (TPSA) is 54.9 Å². The van der Waals surface area contributed by atoms with E-state index < -0.39 is 18.5 Å². The van der Waals surface area contributed by atoms with Gasteiger partial charge in [0.25, 0.3) is 0 Å². The van der Waals surface area contributed by atoms with Gasteiger partial charge in [0, 0.05) is 0 Å². The van der Waals surface area contributed by atoms with E-state index in [1.165, 1.54) is 6.20 Å². The lowest BCUT2D eigenvalue weighted by atomic mass is 10.4. The summed E-state index contributed by atoms with van der Waals surface area (Å²) in [7, 11) is 0. The molecule has 0 radical (unpaired) electrons. The van der Waals surface area contributed by atoms with Crippen LogP contribution in [0.15, 0.2) is 17.0 Å². The summed E-state index contributed by atoms with van der Waals surface area (Å²) in [6.45, 7) is 0. The summed E-state index contributed by atoms with van der Waals surface area (Å²) in [6.07, 6.45) is -3.64. The van der Waals surface area contributed by atoms with Crippen molar-refractivity contribution < 1.29 is 18.0 Å².